The zero-order chi connectivity index (χ0) is 15.2. The molecule has 2 aromatic carbocycles. The molecular weight excluding hydrogens is 272 g/mol. The summed E-state index contributed by atoms with van der Waals surface area (Å²) in [6, 6.07) is 11.7. The van der Waals surface area contributed by atoms with Crippen LogP contribution in [0.4, 0.5) is 8.78 Å². The van der Waals surface area contributed by atoms with Gasteiger partial charge in [0.05, 0.1) is 0 Å². The number of benzene rings is 2. The first-order valence-corrected chi connectivity index (χ1v) is 6.96. The predicted octanol–water partition coefficient (Wildman–Crippen LogP) is 3.82. The average Bonchev–Trinajstić information content (AvgIpc) is 2.47. The van der Waals surface area contributed by atoms with Crippen LogP contribution >= 0.6 is 0 Å². The number of hydrogen-bond donors (Lipinski definition) is 1. The van der Waals surface area contributed by atoms with Gasteiger partial charge in [-0.05, 0) is 55.2 Å². The van der Waals surface area contributed by atoms with Crippen molar-refractivity contribution in [1.82, 2.24) is 0 Å². The minimum Gasteiger partial charge on any atom is -0.489 e. The van der Waals surface area contributed by atoms with E-state index in [9.17, 15) is 8.78 Å². The number of ether oxygens (including phenoxy) is 1. The molecule has 0 aliphatic heterocycles. The van der Waals surface area contributed by atoms with Gasteiger partial charge in [0, 0.05) is 6.04 Å². The molecule has 2 aromatic rings. The molecule has 0 amide bonds. The second-order valence-corrected chi connectivity index (χ2v) is 5.20. The molecule has 0 heterocycles. The van der Waals surface area contributed by atoms with Crippen LogP contribution in [0.25, 0.3) is 0 Å². The molecule has 0 saturated carbocycles. The lowest BCUT2D eigenvalue weighted by atomic mass is 10.1. The molecule has 1 atom stereocenters. The van der Waals surface area contributed by atoms with Crippen molar-refractivity contribution in [3.8, 4) is 5.75 Å². The molecule has 0 fully saturated rings. The molecule has 21 heavy (non-hydrogen) atoms. The largest absolute Gasteiger partial charge is 0.489 e. The molecule has 0 aromatic heterocycles. The summed E-state index contributed by atoms with van der Waals surface area (Å²) in [7, 11) is 0. The van der Waals surface area contributed by atoms with Crippen molar-refractivity contribution in [2.45, 2.75) is 32.4 Å². The van der Waals surface area contributed by atoms with Crippen molar-refractivity contribution >= 4 is 0 Å². The fourth-order valence-electron chi connectivity index (χ4n) is 1.94. The number of rotatable bonds is 6. The first-order valence-electron chi connectivity index (χ1n) is 6.96. The van der Waals surface area contributed by atoms with E-state index in [0.29, 0.717) is 11.3 Å². The van der Waals surface area contributed by atoms with Crippen LogP contribution in [0.2, 0.25) is 0 Å². The minimum absolute atomic E-state index is 0.189. The third kappa shape index (κ3) is 4.83. The quantitative estimate of drug-likeness (QED) is 0.878. The number of nitrogens with two attached hydrogens (primary N) is 1. The van der Waals surface area contributed by atoms with E-state index >= 15 is 0 Å². The number of aryl methyl sites for hydroxylation is 1. The molecule has 1 unspecified atom stereocenters. The molecule has 0 spiro atoms. The van der Waals surface area contributed by atoms with E-state index in [1.807, 2.05) is 31.2 Å². The average molecular weight is 291 g/mol. The van der Waals surface area contributed by atoms with Crippen molar-refractivity contribution in [3.05, 3.63) is 65.2 Å². The molecule has 0 aliphatic rings. The van der Waals surface area contributed by atoms with Gasteiger partial charge in [-0.3, -0.25) is 0 Å². The zero-order valence-corrected chi connectivity index (χ0v) is 12.0. The van der Waals surface area contributed by atoms with Gasteiger partial charge in [-0.15, -0.1) is 0 Å². The molecule has 0 bridgehead atoms. The van der Waals surface area contributed by atoms with Gasteiger partial charge in [0.15, 0.2) is 11.6 Å². The lowest BCUT2D eigenvalue weighted by Crippen LogP contribution is -2.15. The van der Waals surface area contributed by atoms with E-state index in [1.165, 1.54) is 11.6 Å². The molecule has 4 heteroatoms. The van der Waals surface area contributed by atoms with Gasteiger partial charge in [-0.2, -0.15) is 0 Å². The molecule has 112 valence electrons. The Morgan fingerprint density at radius 3 is 2.29 bits per heavy atom. The van der Waals surface area contributed by atoms with Crippen molar-refractivity contribution in [2.75, 3.05) is 0 Å². The fourth-order valence-corrected chi connectivity index (χ4v) is 1.94. The lowest BCUT2D eigenvalue weighted by Gasteiger charge is -2.08. The molecule has 0 radical (unpaired) electrons. The summed E-state index contributed by atoms with van der Waals surface area (Å²) in [6.07, 6.45) is 1.87. The molecule has 0 aliphatic carbocycles. The third-order valence-corrected chi connectivity index (χ3v) is 3.20. The third-order valence-electron chi connectivity index (χ3n) is 3.20. The van der Waals surface area contributed by atoms with E-state index in [1.54, 1.807) is 0 Å². The fraction of sp³-hybridized carbons (Fsp3) is 0.294. The topological polar surface area (TPSA) is 35.2 Å². The number of halogens is 2. The Morgan fingerprint density at radius 2 is 1.67 bits per heavy atom. The van der Waals surface area contributed by atoms with E-state index < -0.39 is 11.6 Å². The molecule has 2 nitrogen and oxygen atoms in total. The van der Waals surface area contributed by atoms with Crippen LogP contribution in [-0.4, -0.2) is 6.04 Å². The molecular formula is C17H19F2NO. The second-order valence-electron chi connectivity index (χ2n) is 5.20. The smallest absolute Gasteiger partial charge is 0.159 e. The van der Waals surface area contributed by atoms with Crippen LogP contribution in [0.15, 0.2) is 42.5 Å². The molecule has 0 saturated heterocycles. The SMILES string of the molecule is CC(N)CCc1ccc(OCc2ccc(F)c(F)c2)cc1. The lowest BCUT2D eigenvalue weighted by molar-refractivity contribution is 0.305. The maximum absolute atomic E-state index is 13.1. The first kappa shape index (κ1) is 15.4. The highest BCUT2D eigenvalue weighted by Gasteiger charge is 2.03. The van der Waals surface area contributed by atoms with E-state index in [-0.39, 0.29) is 12.6 Å². The molecule has 2 rings (SSSR count). The summed E-state index contributed by atoms with van der Waals surface area (Å²) >= 11 is 0. The Morgan fingerprint density at radius 1 is 1.00 bits per heavy atom. The monoisotopic (exact) mass is 291 g/mol. The maximum Gasteiger partial charge on any atom is 0.159 e. The van der Waals surface area contributed by atoms with Crippen LogP contribution < -0.4 is 10.5 Å². The summed E-state index contributed by atoms with van der Waals surface area (Å²) in [5.74, 6) is -1.01. The highest BCUT2D eigenvalue weighted by atomic mass is 19.2. The minimum atomic E-state index is -0.859. The first-order chi connectivity index (χ1) is 10.0. The summed E-state index contributed by atoms with van der Waals surface area (Å²) in [5.41, 5.74) is 7.52. The van der Waals surface area contributed by atoms with Gasteiger partial charge < -0.3 is 10.5 Å². The zero-order valence-electron chi connectivity index (χ0n) is 12.0. The van der Waals surface area contributed by atoms with Crippen molar-refractivity contribution in [3.63, 3.8) is 0 Å². The van der Waals surface area contributed by atoms with Gasteiger partial charge in [0.2, 0.25) is 0 Å². The Balaban J connectivity index is 1.89. The van der Waals surface area contributed by atoms with Gasteiger partial charge in [0.1, 0.15) is 12.4 Å². The van der Waals surface area contributed by atoms with Gasteiger partial charge >= 0.3 is 0 Å². The van der Waals surface area contributed by atoms with Crippen molar-refractivity contribution in [1.29, 1.82) is 0 Å². The maximum atomic E-state index is 13.1. The summed E-state index contributed by atoms with van der Waals surface area (Å²) in [6.45, 7) is 2.19. The highest BCUT2D eigenvalue weighted by molar-refractivity contribution is 5.28. The van der Waals surface area contributed by atoms with Gasteiger partial charge in [0.25, 0.3) is 0 Å². The summed E-state index contributed by atoms with van der Waals surface area (Å²) in [4.78, 5) is 0. The summed E-state index contributed by atoms with van der Waals surface area (Å²) in [5, 5.41) is 0. The number of hydrogen-bond acceptors (Lipinski definition) is 2. The van der Waals surface area contributed by atoms with Crippen LogP contribution in [-0.2, 0) is 13.0 Å². The van der Waals surface area contributed by atoms with Crippen LogP contribution in [0.5, 0.6) is 5.75 Å². The Bertz CT molecular complexity index is 582. The van der Waals surface area contributed by atoms with Crippen LogP contribution in [0.1, 0.15) is 24.5 Å². The van der Waals surface area contributed by atoms with E-state index in [4.69, 9.17) is 10.5 Å². The predicted molar refractivity (Wildman–Crippen MR) is 79.1 cm³/mol. The van der Waals surface area contributed by atoms with E-state index in [0.717, 1.165) is 25.0 Å². The summed E-state index contributed by atoms with van der Waals surface area (Å²) < 4.78 is 31.4. The van der Waals surface area contributed by atoms with Gasteiger partial charge in [-0.25, -0.2) is 8.78 Å². The molecule has 2 N–H and O–H groups in total. The normalized spacial score (nSPS) is 12.2. The standard InChI is InChI=1S/C17H19F2NO/c1-12(20)2-3-13-4-7-15(8-5-13)21-11-14-6-9-16(18)17(19)10-14/h4-10,12H,2-3,11,20H2,1H3. The Kier molecular flexibility index (Phi) is 5.28. The Hall–Kier alpha value is -1.94. The Labute approximate surface area is 123 Å². The second kappa shape index (κ2) is 7.18. The van der Waals surface area contributed by atoms with Crippen LogP contribution in [0.3, 0.4) is 0 Å². The van der Waals surface area contributed by atoms with Crippen molar-refractivity contribution in [2.24, 2.45) is 5.73 Å². The van der Waals surface area contributed by atoms with E-state index in [2.05, 4.69) is 0 Å². The van der Waals surface area contributed by atoms with Crippen LogP contribution in [0, 0.1) is 11.6 Å². The highest BCUT2D eigenvalue weighted by Crippen LogP contribution is 2.16. The van der Waals surface area contributed by atoms with Crippen molar-refractivity contribution < 1.29 is 13.5 Å². The van der Waals surface area contributed by atoms with Gasteiger partial charge in [-0.1, -0.05) is 18.2 Å².